The molecule has 0 saturated heterocycles. The summed E-state index contributed by atoms with van der Waals surface area (Å²) in [5.41, 5.74) is 5.85. The summed E-state index contributed by atoms with van der Waals surface area (Å²) in [7, 11) is 0. The van der Waals surface area contributed by atoms with Crippen LogP contribution in [0, 0.1) is 0 Å². The van der Waals surface area contributed by atoms with Gasteiger partial charge in [0.2, 0.25) is 5.91 Å². The summed E-state index contributed by atoms with van der Waals surface area (Å²) in [6.07, 6.45) is 3.78. The first kappa shape index (κ1) is 13.8. The minimum atomic E-state index is -0.531. The van der Waals surface area contributed by atoms with Crippen molar-refractivity contribution in [1.82, 2.24) is 5.32 Å². The van der Waals surface area contributed by atoms with E-state index in [4.69, 9.17) is 18.0 Å². The Bertz CT molecular complexity index is 496. The fourth-order valence-electron chi connectivity index (χ4n) is 2.56. The van der Waals surface area contributed by atoms with Gasteiger partial charge in [0, 0.05) is 5.56 Å². The molecule has 0 unspecified atom stereocenters. The van der Waals surface area contributed by atoms with Crippen molar-refractivity contribution in [1.29, 1.82) is 0 Å². The Morgan fingerprint density at radius 3 is 2.58 bits per heavy atom. The number of carbonyl (C=O) groups excluding carboxylic acids is 1. The van der Waals surface area contributed by atoms with Crippen molar-refractivity contribution in [3.63, 3.8) is 0 Å². The molecule has 0 spiro atoms. The van der Waals surface area contributed by atoms with Gasteiger partial charge < -0.3 is 16.2 Å². The number of hydrogen-bond acceptors (Lipinski definition) is 3. The normalized spacial score (nSPS) is 17.1. The molecule has 1 saturated carbocycles. The second-order valence-corrected chi connectivity index (χ2v) is 5.45. The van der Waals surface area contributed by atoms with Gasteiger partial charge in [-0.1, -0.05) is 43.3 Å². The maximum atomic E-state index is 12.1. The van der Waals surface area contributed by atoms with Crippen molar-refractivity contribution >= 4 is 23.1 Å². The topological polar surface area (TPSA) is 75.3 Å². The zero-order valence-corrected chi connectivity index (χ0v) is 11.5. The highest BCUT2D eigenvalue weighted by atomic mass is 32.1. The van der Waals surface area contributed by atoms with Crippen molar-refractivity contribution in [2.24, 2.45) is 5.73 Å². The van der Waals surface area contributed by atoms with E-state index in [9.17, 15) is 9.90 Å². The van der Waals surface area contributed by atoms with Crippen LogP contribution in [-0.2, 0) is 11.2 Å². The summed E-state index contributed by atoms with van der Waals surface area (Å²) < 4.78 is 0. The van der Waals surface area contributed by atoms with E-state index in [2.05, 4.69) is 5.32 Å². The highest BCUT2D eigenvalue weighted by Gasteiger charge is 2.38. The Morgan fingerprint density at radius 1 is 1.37 bits per heavy atom. The Balaban J connectivity index is 2.05. The summed E-state index contributed by atoms with van der Waals surface area (Å²) in [6.45, 7) is 0. The number of aromatic hydroxyl groups is 1. The van der Waals surface area contributed by atoms with Crippen LogP contribution in [0.2, 0.25) is 0 Å². The van der Waals surface area contributed by atoms with E-state index in [1.165, 1.54) is 0 Å². The third-order valence-corrected chi connectivity index (χ3v) is 4.04. The second-order valence-electron chi connectivity index (χ2n) is 5.01. The molecule has 0 aromatic heterocycles. The SMILES string of the molecule is NC(=S)C1(NC(=O)Cc2ccccc2O)CCCC1. The van der Waals surface area contributed by atoms with Crippen LogP contribution < -0.4 is 11.1 Å². The van der Waals surface area contributed by atoms with Crippen molar-refractivity contribution in [3.8, 4) is 5.75 Å². The van der Waals surface area contributed by atoms with Crippen LogP contribution in [0.1, 0.15) is 31.2 Å². The predicted molar refractivity (Wildman–Crippen MR) is 77.9 cm³/mol. The van der Waals surface area contributed by atoms with Crippen molar-refractivity contribution < 1.29 is 9.90 Å². The maximum Gasteiger partial charge on any atom is 0.225 e. The van der Waals surface area contributed by atoms with E-state index in [1.54, 1.807) is 24.3 Å². The van der Waals surface area contributed by atoms with Gasteiger partial charge in [0.1, 0.15) is 5.75 Å². The first-order valence-corrected chi connectivity index (χ1v) is 6.82. The van der Waals surface area contributed by atoms with Crippen LogP contribution in [0.15, 0.2) is 24.3 Å². The number of para-hydroxylation sites is 1. The van der Waals surface area contributed by atoms with Gasteiger partial charge in [-0.3, -0.25) is 4.79 Å². The number of carbonyl (C=O) groups is 1. The van der Waals surface area contributed by atoms with Gasteiger partial charge in [-0.05, 0) is 18.9 Å². The molecule has 5 heteroatoms. The van der Waals surface area contributed by atoms with Gasteiger partial charge >= 0.3 is 0 Å². The molecule has 1 aliphatic rings. The van der Waals surface area contributed by atoms with E-state index < -0.39 is 5.54 Å². The van der Waals surface area contributed by atoms with Crippen LogP contribution >= 0.6 is 12.2 Å². The lowest BCUT2D eigenvalue weighted by Crippen LogP contribution is -2.55. The molecular weight excluding hydrogens is 260 g/mol. The number of amides is 1. The lowest BCUT2D eigenvalue weighted by Gasteiger charge is -2.29. The number of phenols is 1. The highest BCUT2D eigenvalue weighted by Crippen LogP contribution is 2.30. The van der Waals surface area contributed by atoms with Gasteiger partial charge in [-0.2, -0.15) is 0 Å². The van der Waals surface area contributed by atoms with E-state index in [-0.39, 0.29) is 18.1 Å². The molecule has 1 aromatic rings. The largest absolute Gasteiger partial charge is 0.508 e. The number of hydrogen-bond donors (Lipinski definition) is 3. The smallest absolute Gasteiger partial charge is 0.225 e. The molecule has 19 heavy (non-hydrogen) atoms. The molecule has 4 N–H and O–H groups in total. The molecule has 1 aromatic carbocycles. The van der Waals surface area contributed by atoms with Crippen LogP contribution in [0.4, 0.5) is 0 Å². The molecule has 102 valence electrons. The summed E-state index contributed by atoms with van der Waals surface area (Å²) in [6, 6.07) is 6.82. The van der Waals surface area contributed by atoms with Gasteiger partial charge in [-0.15, -0.1) is 0 Å². The monoisotopic (exact) mass is 278 g/mol. The second kappa shape index (κ2) is 5.57. The first-order chi connectivity index (χ1) is 9.03. The standard InChI is InChI=1S/C14H18N2O2S/c15-13(19)14(7-3-4-8-14)16-12(18)9-10-5-1-2-6-11(10)17/h1-2,5-6,17H,3-4,7-9H2,(H2,15,19)(H,16,18). The summed E-state index contributed by atoms with van der Waals surface area (Å²) in [5, 5.41) is 12.6. The Morgan fingerprint density at radius 2 is 2.00 bits per heavy atom. The molecule has 2 rings (SSSR count). The van der Waals surface area contributed by atoms with Crippen LogP contribution in [0.25, 0.3) is 0 Å². The number of rotatable bonds is 4. The van der Waals surface area contributed by atoms with Gasteiger partial charge in [0.25, 0.3) is 0 Å². The van der Waals surface area contributed by atoms with E-state index in [1.807, 2.05) is 0 Å². The van der Waals surface area contributed by atoms with Crippen LogP contribution in [0.5, 0.6) is 5.75 Å². The molecule has 1 fully saturated rings. The van der Waals surface area contributed by atoms with Crippen molar-refractivity contribution in [2.75, 3.05) is 0 Å². The highest BCUT2D eigenvalue weighted by molar-refractivity contribution is 7.80. The van der Waals surface area contributed by atoms with Gasteiger partial charge in [0.15, 0.2) is 0 Å². The summed E-state index contributed by atoms with van der Waals surface area (Å²) >= 11 is 5.09. The first-order valence-electron chi connectivity index (χ1n) is 6.41. The minimum Gasteiger partial charge on any atom is -0.508 e. The lowest BCUT2D eigenvalue weighted by atomic mass is 9.97. The van der Waals surface area contributed by atoms with Crippen molar-refractivity contribution in [2.45, 2.75) is 37.6 Å². The van der Waals surface area contributed by atoms with E-state index in [0.29, 0.717) is 10.6 Å². The Labute approximate surface area is 118 Å². The molecule has 0 bridgehead atoms. The average Bonchev–Trinajstić information content (AvgIpc) is 2.82. The van der Waals surface area contributed by atoms with E-state index in [0.717, 1.165) is 25.7 Å². The number of nitrogens with two attached hydrogens (primary N) is 1. The van der Waals surface area contributed by atoms with Gasteiger partial charge in [0.05, 0.1) is 16.9 Å². The summed E-state index contributed by atoms with van der Waals surface area (Å²) in [4.78, 5) is 12.4. The molecule has 1 aliphatic carbocycles. The third-order valence-electron chi connectivity index (χ3n) is 3.65. The molecule has 0 aliphatic heterocycles. The third kappa shape index (κ3) is 3.04. The number of nitrogens with one attached hydrogen (secondary N) is 1. The van der Waals surface area contributed by atoms with Crippen LogP contribution in [-0.4, -0.2) is 21.5 Å². The Kier molecular flexibility index (Phi) is 4.04. The fraction of sp³-hybridized carbons (Fsp3) is 0.429. The average molecular weight is 278 g/mol. The fourth-order valence-corrected chi connectivity index (χ4v) is 2.81. The van der Waals surface area contributed by atoms with Crippen molar-refractivity contribution in [3.05, 3.63) is 29.8 Å². The van der Waals surface area contributed by atoms with E-state index >= 15 is 0 Å². The molecule has 0 radical (unpaired) electrons. The lowest BCUT2D eigenvalue weighted by molar-refractivity contribution is -0.121. The quantitative estimate of drug-likeness (QED) is 0.732. The Hall–Kier alpha value is -1.62. The molecule has 0 heterocycles. The van der Waals surface area contributed by atoms with Gasteiger partial charge in [-0.25, -0.2) is 0 Å². The molecular formula is C14H18N2O2S. The number of thiocarbonyl (C=S) groups is 1. The predicted octanol–water partition coefficient (Wildman–Crippen LogP) is 1.65. The number of benzene rings is 1. The molecule has 0 atom stereocenters. The van der Waals surface area contributed by atoms with Crippen LogP contribution in [0.3, 0.4) is 0 Å². The zero-order chi connectivity index (χ0) is 13.9. The summed E-state index contributed by atoms with van der Waals surface area (Å²) in [5.74, 6) is -0.0235. The number of phenolic OH excluding ortho intramolecular Hbond substituents is 1. The maximum absolute atomic E-state index is 12.1. The zero-order valence-electron chi connectivity index (χ0n) is 10.7. The minimum absolute atomic E-state index is 0.133. The molecule has 1 amide bonds. The molecule has 4 nitrogen and oxygen atoms in total.